The van der Waals surface area contributed by atoms with Crippen LogP contribution in [0.15, 0.2) is 34.9 Å². The van der Waals surface area contributed by atoms with Gasteiger partial charge in [0.25, 0.3) is 0 Å². The third kappa shape index (κ3) is 2.96. The Morgan fingerprint density at radius 2 is 2.25 bits per heavy atom. The molecule has 0 spiro atoms. The molecule has 1 fully saturated rings. The lowest BCUT2D eigenvalue weighted by molar-refractivity contribution is 0.0669. The van der Waals surface area contributed by atoms with Crippen LogP contribution in [0.5, 0.6) is 0 Å². The van der Waals surface area contributed by atoms with Gasteiger partial charge in [0.1, 0.15) is 0 Å². The van der Waals surface area contributed by atoms with Crippen LogP contribution in [0.1, 0.15) is 25.7 Å². The highest BCUT2D eigenvalue weighted by Gasteiger charge is 2.22. The van der Waals surface area contributed by atoms with Crippen molar-refractivity contribution in [2.75, 3.05) is 12.4 Å². The number of hydrogen-bond acceptors (Lipinski definition) is 3. The summed E-state index contributed by atoms with van der Waals surface area (Å²) in [6.07, 6.45) is 6.91. The summed E-state index contributed by atoms with van der Waals surface area (Å²) >= 11 is 3.47. The van der Waals surface area contributed by atoms with Crippen molar-refractivity contribution in [1.82, 2.24) is 4.98 Å². The van der Waals surface area contributed by atoms with Crippen molar-refractivity contribution in [2.24, 2.45) is 0 Å². The Kier molecular flexibility index (Phi) is 4.22. The molecule has 1 N–H and O–H groups in total. The Balaban J connectivity index is 1.83. The van der Waals surface area contributed by atoms with E-state index >= 15 is 0 Å². The van der Waals surface area contributed by atoms with Gasteiger partial charge in [-0.2, -0.15) is 0 Å². The van der Waals surface area contributed by atoms with Gasteiger partial charge in [-0.3, -0.25) is 4.98 Å². The number of para-hydroxylation sites is 1. The molecule has 1 aromatic heterocycles. The third-order valence-electron chi connectivity index (χ3n) is 4.00. The summed E-state index contributed by atoms with van der Waals surface area (Å²) in [5, 5.41) is 4.81. The Morgan fingerprint density at radius 3 is 3.10 bits per heavy atom. The number of anilines is 1. The first-order valence-corrected chi connectivity index (χ1v) is 7.89. The number of nitrogens with zero attached hydrogens (tertiary/aromatic N) is 1. The van der Waals surface area contributed by atoms with E-state index in [1.165, 1.54) is 19.3 Å². The summed E-state index contributed by atoms with van der Waals surface area (Å²) in [5.74, 6) is 0. The number of ether oxygens (including phenoxy) is 1. The number of fused-ring (bicyclic) bond motifs is 1. The van der Waals surface area contributed by atoms with Gasteiger partial charge in [0.05, 0.1) is 17.3 Å². The fourth-order valence-corrected chi connectivity index (χ4v) is 3.31. The summed E-state index contributed by atoms with van der Waals surface area (Å²) < 4.78 is 6.51. The van der Waals surface area contributed by atoms with Gasteiger partial charge in [0.2, 0.25) is 0 Å². The molecule has 1 saturated carbocycles. The quantitative estimate of drug-likeness (QED) is 0.905. The van der Waals surface area contributed by atoms with Gasteiger partial charge < -0.3 is 10.1 Å². The van der Waals surface area contributed by atoms with E-state index in [-0.39, 0.29) is 0 Å². The lowest BCUT2D eigenvalue weighted by Crippen LogP contribution is -2.31. The van der Waals surface area contributed by atoms with Crippen molar-refractivity contribution in [3.8, 4) is 0 Å². The second-order valence-electron chi connectivity index (χ2n) is 5.40. The molecule has 20 heavy (non-hydrogen) atoms. The minimum atomic E-state index is 0.387. The van der Waals surface area contributed by atoms with Crippen molar-refractivity contribution >= 4 is 32.5 Å². The van der Waals surface area contributed by atoms with Crippen molar-refractivity contribution in [1.29, 1.82) is 0 Å². The van der Waals surface area contributed by atoms with Gasteiger partial charge in [0.15, 0.2) is 0 Å². The van der Waals surface area contributed by atoms with Gasteiger partial charge in [-0.15, -0.1) is 0 Å². The van der Waals surface area contributed by atoms with E-state index in [0.29, 0.717) is 12.1 Å². The first-order chi connectivity index (χ1) is 9.76. The highest BCUT2D eigenvalue weighted by molar-refractivity contribution is 9.10. The fourth-order valence-electron chi connectivity index (χ4n) is 2.96. The highest BCUT2D eigenvalue weighted by atomic mass is 79.9. The lowest BCUT2D eigenvalue weighted by atomic mass is 9.92. The van der Waals surface area contributed by atoms with Crippen LogP contribution in [0.3, 0.4) is 0 Å². The monoisotopic (exact) mass is 334 g/mol. The molecule has 0 amide bonds. The van der Waals surface area contributed by atoms with Gasteiger partial charge in [-0.1, -0.05) is 12.1 Å². The second kappa shape index (κ2) is 6.10. The largest absolute Gasteiger partial charge is 0.381 e. The van der Waals surface area contributed by atoms with Crippen LogP contribution < -0.4 is 5.32 Å². The maximum absolute atomic E-state index is 5.50. The summed E-state index contributed by atoms with van der Waals surface area (Å²) in [7, 11) is 1.81. The van der Waals surface area contributed by atoms with Gasteiger partial charge in [0, 0.05) is 29.2 Å². The fraction of sp³-hybridized carbons (Fsp3) is 0.438. The van der Waals surface area contributed by atoms with E-state index in [1.807, 2.05) is 13.3 Å². The average Bonchev–Trinajstić information content (AvgIpc) is 2.47. The van der Waals surface area contributed by atoms with Crippen LogP contribution in [0, 0.1) is 0 Å². The molecule has 0 saturated heterocycles. The Hall–Kier alpha value is -1.13. The molecular weight excluding hydrogens is 316 g/mol. The van der Waals surface area contributed by atoms with Crippen molar-refractivity contribution in [3.05, 3.63) is 34.9 Å². The molecule has 0 bridgehead atoms. The molecule has 2 unspecified atom stereocenters. The molecule has 1 heterocycles. The number of benzene rings is 1. The summed E-state index contributed by atoms with van der Waals surface area (Å²) in [6, 6.07) is 8.86. The van der Waals surface area contributed by atoms with Crippen LogP contribution in [0.4, 0.5) is 5.69 Å². The predicted octanol–water partition coefficient (Wildman–Crippen LogP) is 4.37. The maximum atomic E-state index is 5.50. The number of hydrogen-bond donors (Lipinski definition) is 1. The number of halogens is 1. The number of methoxy groups -OCH3 is 1. The molecule has 106 valence electrons. The summed E-state index contributed by atoms with van der Waals surface area (Å²) in [5.41, 5.74) is 2.16. The standard InChI is InChI=1S/C16H19BrN2O/c1-20-14-6-3-5-13(9-14)19-15-7-2-4-11-8-12(17)10-18-16(11)15/h2,4,7-8,10,13-14,19H,3,5-6,9H2,1H3. The van der Waals surface area contributed by atoms with E-state index in [9.17, 15) is 0 Å². The lowest BCUT2D eigenvalue weighted by Gasteiger charge is -2.29. The highest BCUT2D eigenvalue weighted by Crippen LogP contribution is 2.28. The topological polar surface area (TPSA) is 34.1 Å². The molecule has 4 heteroatoms. The zero-order chi connectivity index (χ0) is 13.9. The van der Waals surface area contributed by atoms with Gasteiger partial charge >= 0.3 is 0 Å². The minimum absolute atomic E-state index is 0.387. The van der Waals surface area contributed by atoms with Crippen LogP contribution in [0.25, 0.3) is 10.9 Å². The number of aromatic nitrogens is 1. The molecule has 3 nitrogen and oxygen atoms in total. The molecule has 2 atom stereocenters. The smallest absolute Gasteiger partial charge is 0.0934 e. The van der Waals surface area contributed by atoms with E-state index in [0.717, 1.165) is 27.5 Å². The Bertz CT molecular complexity index is 602. The number of rotatable bonds is 3. The molecular formula is C16H19BrN2O. The molecule has 0 aliphatic heterocycles. The molecule has 2 aromatic rings. The molecule has 1 aliphatic rings. The minimum Gasteiger partial charge on any atom is -0.381 e. The normalized spacial score (nSPS) is 22.9. The van der Waals surface area contributed by atoms with E-state index in [2.05, 4.69) is 50.5 Å². The Morgan fingerprint density at radius 1 is 1.35 bits per heavy atom. The zero-order valence-corrected chi connectivity index (χ0v) is 13.2. The molecule has 1 aromatic carbocycles. The molecule has 3 rings (SSSR count). The third-order valence-corrected chi connectivity index (χ3v) is 4.43. The van der Waals surface area contributed by atoms with Crippen LogP contribution in [-0.4, -0.2) is 24.2 Å². The second-order valence-corrected chi connectivity index (χ2v) is 6.31. The zero-order valence-electron chi connectivity index (χ0n) is 11.6. The maximum Gasteiger partial charge on any atom is 0.0934 e. The summed E-state index contributed by atoms with van der Waals surface area (Å²) in [4.78, 5) is 4.54. The SMILES string of the molecule is COC1CCCC(Nc2cccc3cc(Br)cnc23)C1. The number of nitrogens with one attached hydrogen (secondary N) is 1. The predicted molar refractivity (Wildman–Crippen MR) is 86.1 cm³/mol. The van der Waals surface area contributed by atoms with Gasteiger partial charge in [-0.25, -0.2) is 0 Å². The molecule has 1 aliphatic carbocycles. The first kappa shape index (κ1) is 13.8. The molecule has 0 radical (unpaired) electrons. The first-order valence-electron chi connectivity index (χ1n) is 7.10. The van der Waals surface area contributed by atoms with Crippen LogP contribution in [-0.2, 0) is 4.74 Å². The van der Waals surface area contributed by atoms with E-state index in [1.54, 1.807) is 0 Å². The van der Waals surface area contributed by atoms with E-state index < -0.39 is 0 Å². The van der Waals surface area contributed by atoms with Crippen LogP contribution >= 0.6 is 15.9 Å². The number of pyridine rings is 1. The van der Waals surface area contributed by atoms with E-state index in [4.69, 9.17) is 4.74 Å². The summed E-state index contributed by atoms with van der Waals surface area (Å²) in [6.45, 7) is 0. The Labute approximate surface area is 127 Å². The van der Waals surface area contributed by atoms with Crippen molar-refractivity contribution < 1.29 is 4.74 Å². The van der Waals surface area contributed by atoms with Crippen molar-refractivity contribution in [3.63, 3.8) is 0 Å². The average molecular weight is 335 g/mol. The van der Waals surface area contributed by atoms with Crippen LogP contribution in [0.2, 0.25) is 0 Å². The van der Waals surface area contributed by atoms with Gasteiger partial charge in [-0.05, 0) is 53.7 Å². The van der Waals surface area contributed by atoms with Crippen molar-refractivity contribution in [2.45, 2.75) is 37.8 Å².